The van der Waals surface area contributed by atoms with Crippen LogP contribution in [0.5, 0.6) is 0 Å². The largest absolute Gasteiger partial charge is 0.370 e. The maximum atomic E-state index is 5.75. The first-order chi connectivity index (χ1) is 8.22. The number of hydrogen-bond donors (Lipinski definition) is 1. The Morgan fingerprint density at radius 2 is 1.89 bits per heavy atom. The van der Waals surface area contributed by atoms with E-state index in [1.165, 1.54) is 0 Å². The van der Waals surface area contributed by atoms with Crippen LogP contribution in [0.2, 0.25) is 0 Å². The first-order valence-corrected chi connectivity index (χ1v) is 6.37. The van der Waals surface area contributed by atoms with Crippen LogP contribution in [0.4, 0.5) is 0 Å². The van der Waals surface area contributed by atoms with Crippen molar-refractivity contribution in [2.24, 2.45) is 5.41 Å². The molecule has 1 rings (SSSR count). The molecule has 0 aliphatic heterocycles. The fraction of sp³-hybridized carbons (Fsp3) is 0.846. The zero-order chi connectivity index (χ0) is 14.0. The van der Waals surface area contributed by atoms with E-state index in [9.17, 15) is 0 Å². The molecule has 0 saturated heterocycles. The van der Waals surface area contributed by atoms with Crippen molar-refractivity contribution in [3.63, 3.8) is 0 Å². The Labute approximate surface area is 109 Å². The van der Waals surface area contributed by atoms with Gasteiger partial charge in [0.2, 0.25) is 11.7 Å². The minimum atomic E-state index is -0.333. The van der Waals surface area contributed by atoms with Gasteiger partial charge in [0.15, 0.2) is 0 Å². The van der Waals surface area contributed by atoms with Crippen molar-refractivity contribution < 1.29 is 9.26 Å². The minimum Gasteiger partial charge on any atom is -0.370 e. The number of aromatic nitrogens is 2. The zero-order valence-electron chi connectivity index (χ0n) is 12.5. The van der Waals surface area contributed by atoms with E-state index in [-0.39, 0.29) is 17.1 Å². The van der Waals surface area contributed by atoms with Gasteiger partial charge in [-0.2, -0.15) is 4.98 Å². The van der Waals surface area contributed by atoms with Crippen molar-refractivity contribution in [3.8, 4) is 0 Å². The summed E-state index contributed by atoms with van der Waals surface area (Å²) in [5, 5.41) is 7.21. The predicted molar refractivity (Wildman–Crippen MR) is 70.2 cm³/mol. The van der Waals surface area contributed by atoms with Crippen LogP contribution in [0.15, 0.2) is 4.52 Å². The van der Waals surface area contributed by atoms with Gasteiger partial charge in [-0.05, 0) is 33.2 Å². The normalized spacial score (nSPS) is 14.8. The maximum absolute atomic E-state index is 5.75. The number of ether oxygens (including phenoxy) is 1. The molecule has 18 heavy (non-hydrogen) atoms. The number of rotatable bonds is 5. The summed E-state index contributed by atoms with van der Waals surface area (Å²) >= 11 is 0. The lowest BCUT2D eigenvalue weighted by molar-refractivity contribution is -0.0203. The monoisotopic (exact) mass is 255 g/mol. The summed E-state index contributed by atoms with van der Waals surface area (Å²) in [6.07, 6.45) is -0.160. The molecule has 1 aromatic rings. The van der Waals surface area contributed by atoms with Gasteiger partial charge in [-0.1, -0.05) is 25.9 Å². The van der Waals surface area contributed by atoms with Gasteiger partial charge in [-0.3, -0.25) is 0 Å². The Balaban J connectivity index is 3.02. The number of hydrogen-bond acceptors (Lipinski definition) is 5. The SMILES string of the molecule is CCOC(c1noc(C(C)(C)NC)n1)C(C)(C)C. The Morgan fingerprint density at radius 1 is 1.28 bits per heavy atom. The van der Waals surface area contributed by atoms with E-state index in [4.69, 9.17) is 9.26 Å². The van der Waals surface area contributed by atoms with Crippen LogP contribution in [0.1, 0.15) is 59.4 Å². The van der Waals surface area contributed by atoms with Crippen LogP contribution < -0.4 is 5.32 Å². The van der Waals surface area contributed by atoms with E-state index in [0.717, 1.165) is 0 Å². The van der Waals surface area contributed by atoms with Gasteiger partial charge in [0, 0.05) is 6.61 Å². The molecule has 0 aliphatic rings. The molecule has 104 valence electrons. The second kappa shape index (κ2) is 5.36. The van der Waals surface area contributed by atoms with E-state index < -0.39 is 0 Å². The van der Waals surface area contributed by atoms with Crippen LogP contribution in [0.25, 0.3) is 0 Å². The van der Waals surface area contributed by atoms with E-state index in [1.54, 1.807) is 0 Å². The lowest BCUT2D eigenvalue weighted by Gasteiger charge is -2.27. The first-order valence-electron chi connectivity index (χ1n) is 6.37. The Hall–Kier alpha value is -0.940. The summed E-state index contributed by atoms with van der Waals surface area (Å²) < 4.78 is 11.1. The van der Waals surface area contributed by atoms with Crippen molar-refractivity contribution in [1.29, 1.82) is 0 Å². The molecule has 1 atom stereocenters. The lowest BCUT2D eigenvalue weighted by atomic mass is 9.88. The summed E-state index contributed by atoms with van der Waals surface area (Å²) in [5.74, 6) is 1.19. The second-order valence-electron chi connectivity index (χ2n) is 6.03. The van der Waals surface area contributed by atoms with E-state index in [2.05, 4.69) is 36.2 Å². The highest BCUT2D eigenvalue weighted by atomic mass is 16.5. The molecule has 0 bridgehead atoms. The fourth-order valence-corrected chi connectivity index (χ4v) is 1.58. The maximum Gasteiger partial charge on any atom is 0.246 e. The molecule has 1 N–H and O–H groups in total. The van der Waals surface area contributed by atoms with Crippen LogP contribution in [0, 0.1) is 5.41 Å². The highest BCUT2D eigenvalue weighted by Gasteiger charge is 2.33. The molecule has 5 heteroatoms. The predicted octanol–water partition coefficient (Wildman–Crippen LogP) is 2.65. The average Bonchev–Trinajstić information content (AvgIpc) is 2.73. The second-order valence-corrected chi connectivity index (χ2v) is 6.03. The summed E-state index contributed by atoms with van der Waals surface area (Å²) in [6.45, 7) is 12.9. The van der Waals surface area contributed by atoms with Crippen LogP contribution in [-0.4, -0.2) is 23.8 Å². The molecule has 0 aromatic carbocycles. The Bertz CT molecular complexity index is 380. The van der Waals surface area contributed by atoms with Gasteiger partial charge in [0.1, 0.15) is 6.10 Å². The fourth-order valence-electron chi connectivity index (χ4n) is 1.58. The Morgan fingerprint density at radius 3 is 2.33 bits per heavy atom. The summed E-state index contributed by atoms with van der Waals surface area (Å²) in [6, 6.07) is 0. The van der Waals surface area contributed by atoms with E-state index >= 15 is 0 Å². The van der Waals surface area contributed by atoms with Crippen molar-refractivity contribution >= 4 is 0 Å². The minimum absolute atomic E-state index is 0.0685. The molecule has 0 spiro atoms. The van der Waals surface area contributed by atoms with Crippen molar-refractivity contribution in [3.05, 3.63) is 11.7 Å². The van der Waals surface area contributed by atoms with Gasteiger partial charge in [0.25, 0.3) is 0 Å². The third-order valence-corrected chi connectivity index (χ3v) is 2.96. The van der Waals surface area contributed by atoms with Gasteiger partial charge in [-0.15, -0.1) is 0 Å². The van der Waals surface area contributed by atoms with Gasteiger partial charge in [0.05, 0.1) is 5.54 Å². The Kier molecular flexibility index (Phi) is 4.50. The van der Waals surface area contributed by atoms with Crippen molar-refractivity contribution in [1.82, 2.24) is 15.5 Å². The van der Waals surface area contributed by atoms with Crippen molar-refractivity contribution in [2.75, 3.05) is 13.7 Å². The van der Waals surface area contributed by atoms with E-state index in [0.29, 0.717) is 18.3 Å². The molecule has 0 saturated carbocycles. The molecule has 1 heterocycles. The molecule has 0 amide bonds. The lowest BCUT2D eigenvalue weighted by Crippen LogP contribution is -2.33. The smallest absolute Gasteiger partial charge is 0.246 e. The average molecular weight is 255 g/mol. The molecule has 0 aliphatic carbocycles. The number of nitrogens with zero attached hydrogens (tertiary/aromatic N) is 2. The molecular weight excluding hydrogens is 230 g/mol. The molecule has 1 unspecified atom stereocenters. The van der Waals surface area contributed by atoms with Gasteiger partial charge < -0.3 is 14.6 Å². The molecular formula is C13H25N3O2. The third kappa shape index (κ3) is 3.29. The highest BCUT2D eigenvalue weighted by Crippen LogP contribution is 2.35. The van der Waals surface area contributed by atoms with Crippen molar-refractivity contribution in [2.45, 2.75) is 53.2 Å². The third-order valence-electron chi connectivity index (χ3n) is 2.96. The van der Waals surface area contributed by atoms with Gasteiger partial charge >= 0.3 is 0 Å². The summed E-state index contributed by atoms with van der Waals surface area (Å²) in [7, 11) is 1.87. The highest BCUT2D eigenvalue weighted by molar-refractivity contribution is 5.02. The van der Waals surface area contributed by atoms with Crippen LogP contribution >= 0.6 is 0 Å². The number of nitrogens with one attached hydrogen (secondary N) is 1. The molecule has 5 nitrogen and oxygen atoms in total. The van der Waals surface area contributed by atoms with Gasteiger partial charge in [-0.25, -0.2) is 0 Å². The van der Waals surface area contributed by atoms with E-state index in [1.807, 2.05) is 27.8 Å². The summed E-state index contributed by atoms with van der Waals surface area (Å²) in [5.41, 5.74) is -0.402. The molecule has 0 radical (unpaired) electrons. The van der Waals surface area contributed by atoms with Crippen LogP contribution in [-0.2, 0) is 10.3 Å². The first kappa shape index (κ1) is 15.1. The quantitative estimate of drug-likeness (QED) is 0.876. The topological polar surface area (TPSA) is 60.2 Å². The summed E-state index contributed by atoms with van der Waals surface area (Å²) in [4.78, 5) is 4.47. The molecule has 1 aromatic heterocycles. The van der Waals surface area contributed by atoms with Crippen LogP contribution in [0.3, 0.4) is 0 Å². The zero-order valence-corrected chi connectivity index (χ0v) is 12.5. The molecule has 0 fully saturated rings. The standard InChI is InChI=1S/C13H25N3O2/c1-8-17-9(12(2,3)4)10-15-11(18-16-10)13(5,6)14-7/h9,14H,8H2,1-7H3.